The van der Waals surface area contributed by atoms with Gasteiger partial charge in [-0.25, -0.2) is 0 Å². The maximum atomic E-state index is 11.4. The minimum Gasteiger partial charge on any atom is -0.495 e. The van der Waals surface area contributed by atoms with Crippen molar-refractivity contribution in [2.75, 3.05) is 26.4 Å². The van der Waals surface area contributed by atoms with Crippen molar-refractivity contribution in [2.24, 2.45) is 0 Å². The van der Waals surface area contributed by atoms with E-state index < -0.39 is 0 Å². The Morgan fingerprint density at radius 2 is 2.29 bits per heavy atom. The number of benzene rings is 1. The quantitative estimate of drug-likeness (QED) is 0.546. The first-order chi connectivity index (χ1) is 6.69. The van der Waals surface area contributed by atoms with Crippen LogP contribution in [0.3, 0.4) is 0 Å². The van der Waals surface area contributed by atoms with Gasteiger partial charge in [-0.2, -0.15) is 0 Å². The number of nitrogen functional groups attached to an aromatic ring is 1. The molecule has 0 saturated carbocycles. The van der Waals surface area contributed by atoms with E-state index in [0.29, 0.717) is 23.5 Å². The van der Waals surface area contributed by atoms with Gasteiger partial charge in [0.1, 0.15) is 5.75 Å². The van der Waals surface area contributed by atoms with Crippen molar-refractivity contribution in [3.05, 3.63) is 23.8 Å². The number of hydrogen-bond acceptors (Lipinski definition) is 4. The molecule has 1 aromatic carbocycles. The van der Waals surface area contributed by atoms with Crippen LogP contribution in [0.25, 0.3) is 0 Å². The van der Waals surface area contributed by atoms with Gasteiger partial charge in [0.2, 0.25) is 0 Å². The largest absolute Gasteiger partial charge is 0.495 e. The lowest BCUT2D eigenvalue weighted by atomic mass is 10.1. The zero-order valence-corrected chi connectivity index (χ0v) is 8.33. The maximum Gasteiger partial charge on any atom is 0.176 e. The SMILES string of the molecule is CNCC(=O)c1ccc(OC)c(N)c1. The number of carbonyl (C=O) groups is 1. The van der Waals surface area contributed by atoms with Crippen LogP contribution in [-0.4, -0.2) is 26.5 Å². The second kappa shape index (κ2) is 4.62. The number of ketones is 1. The van der Waals surface area contributed by atoms with Crippen LogP contribution < -0.4 is 15.8 Å². The number of Topliss-reactive ketones (excluding diaryl/α,β-unsaturated/α-hetero) is 1. The first kappa shape index (κ1) is 10.5. The Kier molecular flexibility index (Phi) is 3.48. The molecule has 4 heteroatoms. The molecule has 1 aromatic rings. The molecule has 0 aliphatic carbocycles. The summed E-state index contributed by atoms with van der Waals surface area (Å²) in [5, 5.41) is 2.79. The highest BCUT2D eigenvalue weighted by Crippen LogP contribution is 2.21. The van der Waals surface area contributed by atoms with E-state index in [1.165, 1.54) is 0 Å². The van der Waals surface area contributed by atoms with Gasteiger partial charge in [0.15, 0.2) is 5.78 Å². The van der Waals surface area contributed by atoms with Gasteiger partial charge in [0.05, 0.1) is 19.3 Å². The molecule has 0 fully saturated rings. The fourth-order valence-electron chi connectivity index (χ4n) is 1.17. The van der Waals surface area contributed by atoms with Crippen LogP contribution in [0.5, 0.6) is 5.75 Å². The molecule has 0 aliphatic heterocycles. The molecule has 76 valence electrons. The van der Waals surface area contributed by atoms with Crippen LogP contribution in [0.2, 0.25) is 0 Å². The van der Waals surface area contributed by atoms with Crippen LogP contribution in [0, 0.1) is 0 Å². The fourth-order valence-corrected chi connectivity index (χ4v) is 1.17. The molecule has 0 heterocycles. The normalized spacial score (nSPS) is 9.86. The predicted octanol–water partition coefficient (Wildman–Crippen LogP) is 0.680. The van der Waals surface area contributed by atoms with Crippen molar-refractivity contribution < 1.29 is 9.53 Å². The van der Waals surface area contributed by atoms with Crippen LogP contribution in [0.1, 0.15) is 10.4 Å². The van der Waals surface area contributed by atoms with Crippen LogP contribution in [0.15, 0.2) is 18.2 Å². The minimum absolute atomic E-state index is 0.0156. The average Bonchev–Trinajstić information content (AvgIpc) is 2.18. The third-order valence-electron chi connectivity index (χ3n) is 1.89. The molecule has 4 nitrogen and oxygen atoms in total. The molecule has 0 atom stereocenters. The Labute approximate surface area is 83.1 Å². The fraction of sp³-hybridized carbons (Fsp3) is 0.300. The zero-order valence-electron chi connectivity index (χ0n) is 8.33. The number of carbonyl (C=O) groups excluding carboxylic acids is 1. The van der Waals surface area contributed by atoms with E-state index in [1.54, 1.807) is 32.4 Å². The molecule has 0 radical (unpaired) electrons. The van der Waals surface area contributed by atoms with E-state index in [1.807, 2.05) is 0 Å². The van der Waals surface area contributed by atoms with Gasteiger partial charge in [0, 0.05) is 5.56 Å². The van der Waals surface area contributed by atoms with Crippen molar-refractivity contribution >= 4 is 11.5 Å². The molecule has 0 amide bonds. The van der Waals surface area contributed by atoms with E-state index in [9.17, 15) is 4.79 Å². The first-order valence-electron chi connectivity index (χ1n) is 4.30. The lowest BCUT2D eigenvalue weighted by Gasteiger charge is -2.06. The second-order valence-electron chi connectivity index (χ2n) is 2.91. The van der Waals surface area contributed by atoms with Crippen LogP contribution in [-0.2, 0) is 0 Å². The molecule has 3 N–H and O–H groups in total. The van der Waals surface area contributed by atoms with Crippen molar-refractivity contribution in [1.82, 2.24) is 5.32 Å². The van der Waals surface area contributed by atoms with Gasteiger partial charge >= 0.3 is 0 Å². The molecule has 0 spiro atoms. The van der Waals surface area contributed by atoms with Gasteiger partial charge in [-0.1, -0.05) is 0 Å². The first-order valence-corrected chi connectivity index (χ1v) is 4.30. The number of anilines is 1. The second-order valence-corrected chi connectivity index (χ2v) is 2.91. The molecule has 0 aromatic heterocycles. The standard InChI is InChI=1S/C10H14N2O2/c1-12-6-9(13)7-3-4-10(14-2)8(11)5-7/h3-5,12H,6,11H2,1-2H3. The smallest absolute Gasteiger partial charge is 0.176 e. The van der Waals surface area contributed by atoms with Gasteiger partial charge < -0.3 is 15.8 Å². The summed E-state index contributed by atoms with van der Waals surface area (Å²) in [7, 11) is 3.27. The average molecular weight is 194 g/mol. The Morgan fingerprint density at radius 1 is 1.57 bits per heavy atom. The predicted molar refractivity (Wildman–Crippen MR) is 55.7 cm³/mol. The summed E-state index contributed by atoms with van der Waals surface area (Å²) in [6, 6.07) is 5.02. The lowest BCUT2D eigenvalue weighted by molar-refractivity contribution is 0.0993. The highest BCUT2D eigenvalue weighted by molar-refractivity contribution is 5.98. The van der Waals surface area contributed by atoms with Crippen LogP contribution >= 0.6 is 0 Å². The molecule has 1 rings (SSSR count). The number of likely N-dealkylation sites (N-methyl/N-ethyl adjacent to an activating group) is 1. The van der Waals surface area contributed by atoms with E-state index >= 15 is 0 Å². The van der Waals surface area contributed by atoms with E-state index in [0.717, 1.165) is 0 Å². The molecular weight excluding hydrogens is 180 g/mol. The maximum absolute atomic E-state index is 11.4. The number of nitrogens with two attached hydrogens (primary N) is 1. The van der Waals surface area contributed by atoms with Gasteiger partial charge in [-0.3, -0.25) is 4.79 Å². The van der Waals surface area contributed by atoms with Crippen molar-refractivity contribution in [3.63, 3.8) is 0 Å². The molecule has 0 unspecified atom stereocenters. The zero-order chi connectivity index (χ0) is 10.6. The van der Waals surface area contributed by atoms with Crippen molar-refractivity contribution in [2.45, 2.75) is 0 Å². The summed E-state index contributed by atoms with van der Waals surface area (Å²) in [6.07, 6.45) is 0. The van der Waals surface area contributed by atoms with Crippen molar-refractivity contribution in [1.29, 1.82) is 0 Å². The summed E-state index contributed by atoms with van der Waals surface area (Å²) in [5.41, 5.74) is 6.74. The lowest BCUT2D eigenvalue weighted by Crippen LogP contribution is -2.18. The van der Waals surface area contributed by atoms with E-state index in [-0.39, 0.29) is 5.78 Å². The molecule has 0 aliphatic rings. The Morgan fingerprint density at radius 3 is 2.79 bits per heavy atom. The molecule has 14 heavy (non-hydrogen) atoms. The third-order valence-corrected chi connectivity index (χ3v) is 1.89. The monoisotopic (exact) mass is 194 g/mol. The molecular formula is C10H14N2O2. The molecule has 0 bridgehead atoms. The van der Waals surface area contributed by atoms with E-state index in [2.05, 4.69) is 5.32 Å². The van der Waals surface area contributed by atoms with E-state index in [4.69, 9.17) is 10.5 Å². The van der Waals surface area contributed by atoms with Gasteiger partial charge in [-0.05, 0) is 25.2 Å². The highest BCUT2D eigenvalue weighted by atomic mass is 16.5. The number of hydrogen-bond donors (Lipinski definition) is 2. The number of rotatable bonds is 4. The van der Waals surface area contributed by atoms with Crippen molar-refractivity contribution in [3.8, 4) is 5.75 Å². The highest BCUT2D eigenvalue weighted by Gasteiger charge is 2.06. The molecule has 0 saturated heterocycles. The Bertz CT molecular complexity index is 337. The minimum atomic E-state index is 0.0156. The summed E-state index contributed by atoms with van der Waals surface area (Å²) in [4.78, 5) is 11.4. The Balaban J connectivity index is 2.91. The number of nitrogens with one attached hydrogen (secondary N) is 1. The summed E-state index contributed by atoms with van der Waals surface area (Å²) < 4.78 is 4.99. The van der Waals surface area contributed by atoms with Crippen LogP contribution in [0.4, 0.5) is 5.69 Å². The Hall–Kier alpha value is -1.55. The number of methoxy groups -OCH3 is 1. The summed E-state index contributed by atoms with van der Waals surface area (Å²) >= 11 is 0. The number of ether oxygens (including phenoxy) is 1. The van der Waals surface area contributed by atoms with Gasteiger partial charge in [0.25, 0.3) is 0 Å². The third kappa shape index (κ3) is 2.23. The van der Waals surface area contributed by atoms with Gasteiger partial charge in [-0.15, -0.1) is 0 Å². The summed E-state index contributed by atoms with van der Waals surface area (Å²) in [6.45, 7) is 0.311. The summed E-state index contributed by atoms with van der Waals surface area (Å²) in [5.74, 6) is 0.605. The topological polar surface area (TPSA) is 64.3 Å².